The SMILES string of the molecule is CCOC(=O)c1ccccc1NC(=O)c1cnc(Nc2cccc(C)c2)nc1. The van der Waals surface area contributed by atoms with Gasteiger partial charge in [0.1, 0.15) is 0 Å². The van der Waals surface area contributed by atoms with Crippen LogP contribution < -0.4 is 10.6 Å². The molecule has 0 radical (unpaired) electrons. The van der Waals surface area contributed by atoms with Crippen LogP contribution >= 0.6 is 0 Å². The van der Waals surface area contributed by atoms with E-state index in [1.54, 1.807) is 31.2 Å². The quantitative estimate of drug-likeness (QED) is 0.633. The Bertz CT molecular complexity index is 987. The van der Waals surface area contributed by atoms with Crippen molar-refractivity contribution in [2.45, 2.75) is 13.8 Å². The van der Waals surface area contributed by atoms with Crippen LogP contribution in [0, 0.1) is 6.92 Å². The number of nitrogens with zero attached hydrogens (tertiary/aromatic N) is 2. The van der Waals surface area contributed by atoms with E-state index in [9.17, 15) is 9.59 Å². The first kappa shape index (κ1) is 19.0. The summed E-state index contributed by atoms with van der Waals surface area (Å²) < 4.78 is 5.01. The Morgan fingerprint density at radius 2 is 1.79 bits per heavy atom. The third-order valence-corrected chi connectivity index (χ3v) is 3.86. The molecule has 0 aliphatic rings. The summed E-state index contributed by atoms with van der Waals surface area (Å²) in [5.74, 6) is -0.528. The van der Waals surface area contributed by atoms with Crippen LogP contribution in [-0.4, -0.2) is 28.5 Å². The predicted octanol–water partition coefficient (Wildman–Crippen LogP) is 3.96. The number of hydrogen-bond donors (Lipinski definition) is 2. The van der Waals surface area contributed by atoms with Crippen molar-refractivity contribution < 1.29 is 14.3 Å². The minimum absolute atomic E-state index is 0.254. The number of rotatable bonds is 6. The monoisotopic (exact) mass is 376 g/mol. The smallest absolute Gasteiger partial charge is 0.340 e. The summed E-state index contributed by atoms with van der Waals surface area (Å²) in [5.41, 5.74) is 2.90. The Balaban J connectivity index is 1.71. The summed E-state index contributed by atoms with van der Waals surface area (Å²) in [6.07, 6.45) is 2.85. The molecule has 1 aromatic heterocycles. The van der Waals surface area contributed by atoms with Crippen LogP contribution in [0.15, 0.2) is 60.9 Å². The molecule has 7 nitrogen and oxygen atoms in total. The molecule has 0 aliphatic heterocycles. The number of benzene rings is 2. The zero-order valence-electron chi connectivity index (χ0n) is 15.6. The first-order valence-electron chi connectivity index (χ1n) is 8.80. The van der Waals surface area contributed by atoms with Gasteiger partial charge < -0.3 is 15.4 Å². The standard InChI is InChI=1S/C21H20N4O3/c1-3-28-20(27)17-9-4-5-10-18(17)25-19(26)15-12-22-21(23-13-15)24-16-8-6-7-14(2)11-16/h4-13H,3H2,1-2H3,(H,25,26)(H,22,23,24). The second kappa shape index (κ2) is 8.77. The number of anilines is 3. The maximum atomic E-state index is 12.5. The molecule has 1 heterocycles. The first-order valence-corrected chi connectivity index (χ1v) is 8.80. The number of ether oxygens (including phenoxy) is 1. The molecule has 0 aliphatic carbocycles. The summed E-state index contributed by atoms with van der Waals surface area (Å²) >= 11 is 0. The average Bonchev–Trinajstić information content (AvgIpc) is 2.69. The van der Waals surface area contributed by atoms with Gasteiger partial charge in [-0.2, -0.15) is 0 Å². The minimum Gasteiger partial charge on any atom is -0.462 e. The lowest BCUT2D eigenvalue weighted by Gasteiger charge is -2.10. The van der Waals surface area contributed by atoms with E-state index in [0.717, 1.165) is 11.3 Å². The van der Waals surface area contributed by atoms with E-state index < -0.39 is 11.9 Å². The molecule has 7 heteroatoms. The Labute approximate surface area is 162 Å². The number of para-hydroxylation sites is 1. The van der Waals surface area contributed by atoms with E-state index >= 15 is 0 Å². The third kappa shape index (κ3) is 4.70. The highest BCUT2D eigenvalue weighted by Crippen LogP contribution is 2.18. The number of amides is 1. The maximum absolute atomic E-state index is 12.5. The molecule has 3 aromatic rings. The predicted molar refractivity (Wildman–Crippen MR) is 107 cm³/mol. The molecular weight excluding hydrogens is 356 g/mol. The Morgan fingerprint density at radius 1 is 1.04 bits per heavy atom. The molecule has 1 amide bonds. The van der Waals surface area contributed by atoms with Gasteiger partial charge in [-0.25, -0.2) is 14.8 Å². The fourth-order valence-electron chi connectivity index (χ4n) is 2.54. The van der Waals surface area contributed by atoms with Gasteiger partial charge in [-0.1, -0.05) is 24.3 Å². The number of esters is 1. The molecule has 0 unspecified atom stereocenters. The van der Waals surface area contributed by atoms with E-state index in [1.165, 1.54) is 12.4 Å². The van der Waals surface area contributed by atoms with Crippen LogP contribution in [0.1, 0.15) is 33.2 Å². The van der Waals surface area contributed by atoms with Gasteiger partial charge in [-0.05, 0) is 43.7 Å². The van der Waals surface area contributed by atoms with Crippen molar-refractivity contribution in [3.05, 3.63) is 77.6 Å². The maximum Gasteiger partial charge on any atom is 0.340 e. The minimum atomic E-state index is -0.493. The van der Waals surface area contributed by atoms with E-state index in [1.807, 2.05) is 31.2 Å². The number of hydrogen-bond acceptors (Lipinski definition) is 6. The van der Waals surface area contributed by atoms with Gasteiger partial charge in [0.25, 0.3) is 5.91 Å². The van der Waals surface area contributed by atoms with Gasteiger partial charge in [0.05, 0.1) is 23.4 Å². The lowest BCUT2D eigenvalue weighted by molar-refractivity contribution is 0.0527. The van der Waals surface area contributed by atoms with E-state index in [4.69, 9.17) is 4.74 Å². The molecular formula is C21H20N4O3. The molecule has 0 spiro atoms. The summed E-state index contributed by atoms with van der Waals surface area (Å²) in [6.45, 7) is 3.97. The van der Waals surface area contributed by atoms with Gasteiger partial charge in [0.2, 0.25) is 5.95 Å². The van der Waals surface area contributed by atoms with Crippen molar-refractivity contribution in [3.8, 4) is 0 Å². The number of nitrogens with one attached hydrogen (secondary N) is 2. The highest BCUT2D eigenvalue weighted by atomic mass is 16.5. The molecule has 3 rings (SSSR count). The second-order valence-electron chi connectivity index (χ2n) is 6.01. The second-order valence-corrected chi connectivity index (χ2v) is 6.01. The first-order chi connectivity index (χ1) is 13.6. The van der Waals surface area contributed by atoms with Gasteiger partial charge in [-0.15, -0.1) is 0 Å². The van der Waals surface area contributed by atoms with Crippen LogP contribution in [0.4, 0.5) is 17.3 Å². The van der Waals surface area contributed by atoms with Crippen LogP contribution in [0.2, 0.25) is 0 Å². The van der Waals surface area contributed by atoms with Gasteiger partial charge >= 0.3 is 5.97 Å². The highest BCUT2D eigenvalue weighted by Gasteiger charge is 2.15. The molecule has 142 valence electrons. The zero-order valence-corrected chi connectivity index (χ0v) is 15.6. The molecule has 0 saturated carbocycles. The van der Waals surface area contributed by atoms with Crippen LogP contribution in [0.25, 0.3) is 0 Å². The van der Waals surface area contributed by atoms with E-state index in [2.05, 4.69) is 20.6 Å². The van der Waals surface area contributed by atoms with Gasteiger partial charge in [0.15, 0.2) is 0 Å². The largest absolute Gasteiger partial charge is 0.462 e. The number of aryl methyl sites for hydroxylation is 1. The van der Waals surface area contributed by atoms with Crippen molar-refractivity contribution in [1.82, 2.24) is 9.97 Å². The number of aromatic nitrogens is 2. The summed E-state index contributed by atoms with van der Waals surface area (Å²) in [4.78, 5) is 32.9. The highest BCUT2D eigenvalue weighted by molar-refractivity contribution is 6.07. The molecule has 2 aromatic carbocycles. The molecule has 0 saturated heterocycles. The Morgan fingerprint density at radius 3 is 2.50 bits per heavy atom. The van der Waals surface area contributed by atoms with Crippen molar-refractivity contribution in [2.24, 2.45) is 0 Å². The lowest BCUT2D eigenvalue weighted by Crippen LogP contribution is -2.16. The third-order valence-electron chi connectivity index (χ3n) is 3.86. The van der Waals surface area contributed by atoms with Crippen LogP contribution in [0.5, 0.6) is 0 Å². The van der Waals surface area contributed by atoms with Crippen molar-refractivity contribution in [2.75, 3.05) is 17.2 Å². The summed E-state index contributed by atoms with van der Waals surface area (Å²) in [5, 5.41) is 5.79. The normalized spacial score (nSPS) is 10.2. The molecule has 0 bridgehead atoms. The molecule has 2 N–H and O–H groups in total. The van der Waals surface area contributed by atoms with E-state index in [0.29, 0.717) is 11.6 Å². The lowest BCUT2D eigenvalue weighted by atomic mass is 10.1. The van der Waals surface area contributed by atoms with E-state index in [-0.39, 0.29) is 17.7 Å². The van der Waals surface area contributed by atoms with Gasteiger partial charge in [-0.3, -0.25) is 4.79 Å². The number of carbonyl (C=O) groups excluding carboxylic acids is 2. The Hall–Kier alpha value is -3.74. The molecule has 0 atom stereocenters. The van der Waals surface area contributed by atoms with Crippen LogP contribution in [0.3, 0.4) is 0 Å². The van der Waals surface area contributed by atoms with Crippen molar-refractivity contribution in [1.29, 1.82) is 0 Å². The van der Waals surface area contributed by atoms with Gasteiger partial charge in [0, 0.05) is 18.1 Å². The fourth-order valence-corrected chi connectivity index (χ4v) is 2.54. The Kier molecular flexibility index (Phi) is 5.96. The average molecular weight is 376 g/mol. The molecule has 28 heavy (non-hydrogen) atoms. The number of carbonyl (C=O) groups is 2. The summed E-state index contributed by atoms with van der Waals surface area (Å²) in [6, 6.07) is 14.5. The summed E-state index contributed by atoms with van der Waals surface area (Å²) in [7, 11) is 0. The topological polar surface area (TPSA) is 93.2 Å². The van der Waals surface area contributed by atoms with Crippen molar-refractivity contribution >= 4 is 29.2 Å². The molecule has 0 fully saturated rings. The zero-order chi connectivity index (χ0) is 19.9. The fraction of sp³-hybridized carbons (Fsp3) is 0.143. The van der Waals surface area contributed by atoms with Crippen LogP contribution in [-0.2, 0) is 4.74 Å². The van der Waals surface area contributed by atoms with Crippen molar-refractivity contribution in [3.63, 3.8) is 0 Å².